The predicted octanol–water partition coefficient (Wildman–Crippen LogP) is 0.600. The summed E-state index contributed by atoms with van der Waals surface area (Å²) >= 11 is 0. The van der Waals surface area contributed by atoms with Gasteiger partial charge in [0, 0.05) is 31.7 Å². The number of likely N-dealkylation sites (tertiary alicyclic amines) is 1. The molecule has 1 aromatic carbocycles. The van der Waals surface area contributed by atoms with E-state index < -0.39 is 28.5 Å². The zero-order valence-corrected chi connectivity index (χ0v) is 19.4. The summed E-state index contributed by atoms with van der Waals surface area (Å²) in [5.74, 6) is -1.26. The molecule has 0 saturated carbocycles. The SMILES string of the molecule is COc1ccc(NC(=O)COC(=O)CN2CCCCCC2=O)cc1S(=O)(=O)N1CCOCC1. The van der Waals surface area contributed by atoms with Crippen molar-refractivity contribution in [2.45, 2.75) is 30.6 Å². The number of nitrogens with one attached hydrogen (secondary N) is 1. The van der Waals surface area contributed by atoms with Crippen LogP contribution in [0.5, 0.6) is 5.75 Å². The van der Waals surface area contributed by atoms with E-state index in [1.807, 2.05) is 0 Å². The van der Waals surface area contributed by atoms with Crippen molar-refractivity contribution in [3.8, 4) is 5.75 Å². The van der Waals surface area contributed by atoms with E-state index in [0.29, 0.717) is 26.2 Å². The van der Waals surface area contributed by atoms with Crippen molar-refractivity contribution in [2.75, 3.05) is 58.4 Å². The molecule has 2 fully saturated rings. The van der Waals surface area contributed by atoms with Gasteiger partial charge >= 0.3 is 5.97 Å². The highest BCUT2D eigenvalue weighted by Crippen LogP contribution is 2.30. The van der Waals surface area contributed by atoms with Crippen molar-refractivity contribution in [2.24, 2.45) is 0 Å². The Kier molecular flexibility index (Phi) is 8.64. The van der Waals surface area contributed by atoms with E-state index in [1.54, 1.807) is 0 Å². The number of amides is 2. The molecule has 0 radical (unpaired) electrons. The fraction of sp³-hybridized carbons (Fsp3) is 0.571. The van der Waals surface area contributed by atoms with Gasteiger partial charge in [0.25, 0.3) is 5.91 Å². The van der Waals surface area contributed by atoms with Crippen LogP contribution in [0.25, 0.3) is 0 Å². The summed E-state index contributed by atoms with van der Waals surface area (Å²) in [4.78, 5) is 37.7. The number of carbonyl (C=O) groups is 3. The van der Waals surface area contributed by atoms with Gasteiger partial charge in [-0.2, -0.15) is 4.31 Å². The molecule has 1 aromatic rings. The van der Waals surface area contributed by atoms with Gasteiger partial charge in [-0.15, -0.1) is 0 Å². The number of morpholine rings is 1. The van der Waals surface area contributed by atoms with Gasteiger partial charge in [0.1, 0.15) is 17.2 Å². The molecular formula is C21H29N3O8S. The van der Waals surface area contributed by atoms with Crippen molar-refractivity contribution < 1.29 is 37.0 Å². The number of carbonyl (C=O) groups excluding carboxylic acids is 3. The van der Waals surface area contributed by atoms with Gasteiger partial charge in [-0.05, 0) is 31.0 Å². The molecule has 182 valence electrons. The smallest absolute Gasteiger partial charge is 0.326 e. The van der Waals surface area contributed by atoms with Crippen LogP contribution in [0, 0.1) is 0 Å². The Morgan fingerprint density at radius 3 is 2.61 bits per heavy atom. The zero-order valence-electron chi connectivity index (χ0n) is 18.6. The van der Waals surface area contributed by atoms with E-state index in [2.05, 4.69) is 5.32 Å². The van der Waals surface area contributed by atoms with Crippen molar-refractivity contribution >= 4 is 33.5 Å². The monoisotopic (exact) mass is 483 g/mol. The lowest BCUT2D eigenvalue weighted by atomic mass is 10.2. The number of anilines is 1. The first-order valence-electron chi connectivity index (χ1n) is 10.8. The molecule has 2 amide bonds. The number of hydrogen-bond donors (Lipinski definition) is 1. The van der Waals surface area contributed by atoms with E-state index >= 15 is 0 Å². The number of hydrogen-bond acceptors (Lipinski definition) is 8. The molecule has 0 aliphatic carbocycles. The van der Waals surface area contributed by atoms with Crippen LogP contribution in [0.2, 0.25) is 0 Å². The Hall–Kier alpha value is -2.70. The lowest BCUT2D eigenvalue weighted by molar-refractivity contribution is -0.151. The molecule has 2 saturated heterocycles. The summed E-state index contributed by atoms with van der Waals surface area (Å²) in [6.07, 6.45) is 2.97. The van der Waals surface area contributed by atoms with Crippen molar-refractivity contribution in [1.82, 2.24) is 9.21 Å². The molecule has 0 unspecified atom stereocenters. The largest absolute Gasteiger partial charge is 0.495 e. The second kappa shape index (κ2) is 11.4. The maximum absolute atomic E-state index is 13.0. The normalized spacial score (nSPS) is 17.8. The van der Waals surface area contributed by atoms with Gasteiger partial charge < -0.3 is 24.4 Å². The minimum Gasteiger partial charge on any atom is -0.495 e. The highest BCUT2D eigenvalue weighted by atomic mass is 32.2. The van der Waals surface area contributed by atoms with E-state index in [1.165, 1.54) is 34.5 Å². The van der Waals surface area contributed by atoms with Gasteiger partial charge in [-0.1, -0.05) is 6.42 Å². The number of rotatable bonds is 8. The Bertz CT molecular complexity index is 976. The number of methoxy groups -OCH3 is 1. The van der Waals surface area contributed by atoms with E-state index in [-0.39, 0.29) is 41.9 Å². The van der Waals surface area contributed by atoms with E-state index in [4.69, 9.17) is 14.2 Å². The molecule has 3 rings (SSSR count). The Morgan fingerprint density at radius 2 is 1.88 bits per heavy atom. The van der Waals surface area contributed by atoms with Crippen LogP contribution in [0.3, 0.4) is 0 Å². The molecule has 2 heterocycles. The number of sulfonamides is 1. The molecule has 12 heteroatoms. The highest BCUT2D eigenvalue weighted by Gasteiger charge is 2.29. The van der Waals surface area contributed by atoms with Crippen LogP contribution in [-0.4, -0.2) is 88.5 Å². The number of esters is 1. The van der Waals surface area contributed by atoms with Gasteiger partial charge in [-0.3, -0.25) is 14.4 Å². The average Bonchev–Trinajstić information content (AvgIpc) is 3.02. The van der Waals surface area contributed by atoms with E-state index in [0.717, 1.165) is 19.3 Å². The van der Waals surface area contributed by atoms with Gasteiger partial charge in [0.05, 0.1) is 20.3 Å². The zero-order chi connectivity index (χ0) is 23.8. The summed E-state index contributed by atoms with van der Waals surface area (Å²) in [5.41, 5.74) is 0.214. The van der Waals surface area contributed by atoms with Gasteiger partial charge in [-0.25, -0.2) is 8.42 Å². The Morgan fingerprint density at radius 1 is 1.12 bits per heavy atom. The number of ether oxygens (including phenoxy) is 3. The molecule has 0 aromatic heterocycles. The first-order valence-corrected chi connectivity index (χ1v) is 12.2. The molecule has 0 bridgehead atoms. The highest BCUT2D eigenvalue weighted by molar-refractivity contribution is 7.89. The lowest BCUT2D eigenvalue weighted by Gasteiger charge is -2.26. The molecule has 2 aliphatic heterocycles. The van der Waals surface area contributed by atoms with Crippen LogP contribution in [0.15, 0.2) is 23.1 Å². The minimum absolute atomic E-state index is 0.0821. The molecule has 0 atom stereocenters. The van der Waals surface area contributed by atoms with Crippen molar-refractivity contribution in [1.29, 1.82) is 0 Å². The average molecular weight is 484 g/mol. The number of benzene rings is 1. The second-order valence-electron chi connectivity index (χ2n) is 7.72. The number of nitrogens with zero attached hydrogens (tertiary/aromatic N) is 2. The fourth-order valence-corrected chi connectivity index (χ4v) is 5.22. The summed E-state index contributed by atoms with van der Waals surface area (Å²) in [7, 11) is -2.50. The summed E-state index contributed by atoms with van der Waals surface area (Å²) in [5, 5.41) is 2.53. The summed E-state index contributed by atoms with van der Waals surface area (Å²) in [6, 6.07) is 4.24. The minimum atomic E-state index is -3.86. The standard InChI is InChI=1S/C21H29N3O8S/c1-30-17-7-6-16(13-18(17)33(28,29)24-9-11-31-12-10-24)22-19(25)15-32-21(27)14-23-8-4-2-3-5-20(23)26/h6-7,13H,2-5,8-12,14-15H2,1H3,(H,22,25). The van der Waals surface area contributed by atoms with E-state index in [9.17, 15) is 22.8 Å². The molecule has 11 nitrogen and oxygen atoms in total. The third kappa shape index (κ3) is 6.65. The van der Waals surface area contributed by atoms with Crippen LogP contribution in [0.1, 0.15) is 25.7 Å². The molecule has 1 N–H and O–H groups in total. The second-order valence-corrected chi connectivity index (χ2v) is 9.62. The Labute approximate surface area is 193 Å². The van der Waals surface area contributed by atoms with Crippen LogP contribution >= 0.6 is 0 Å². The van der Waals surface area contributed by atoms with Crippen LogP contribution in [-0.2, 0) is 33.9 Å². The first kappa shape index (κ1) is 24.9. The maximum atomic E-state index is 13.0. The van der Waals surface area contributed by atoms with Crippen molar-refractivity contribution in [3.05, 3.63) is 18.2 Å². The third-order valence-corrected chi connectivity index (χ3v) is 7.31. The van der Waals surface area contributed by atoms with Crippen LogP contribution in [0.4, 0.5) is 5.69 Å². The maximum Gasteiger partial charge on any atom is 0.326 e. The van der Waals surface area contributed by atoms with Crippen LogP contribution < -0.4 is 10.1 Å². The molecular weight excluding hydrogens is 454 g/mol. The summed E-state index contributed by atoms with van der Waals surface area (Å²) < 4.78 is 42.8. The first-order chi connectivity index (χ1) is 15.8. The quantitative estimate of drug-likeness (QED) is 0.532. The predicted molar refractivity (Wildman–Crippen MR) is 117 cm³/mol. The van der Waals surface area contributed by atoms with Crippen molar-refractivity contribution in [3.63, 3.8) is 0 Å². The topological polar surface area (TPSA) is 132 Å². The fourth-order valence-electron chi connectivity index (χ4n) is 3.63. The molecule has 2 aliphatic rings. The molecule has 0 spiro atoms. The summed E-state index contributed by atoms with van der Waals surface area (Å²) in [6.45, 7) is 0.773. The van der Waals surface area contributed by atoms with Gasteiger partial charge in [0.2, 0.25) is 15.9 Å². The van der Waals surface area contributed by atoms with Gasteiger partial charge in [0.15, 0.2) is 6.61 Å². The lowest BCUT2D eigenvalue weighted by Crippen LogP contribution is -2.40. The third-order valence-electron chi connectivity index (χ3n) is 5.39. The molecule has 33 heavy (non-hydrogen) atoms. The Balaban J connectivity index is 1.59.